The predicted octanol–water partition coefficient (Wildman–Crippen LogP) is 3.29. The molecule has 154 valence electrons. The molecular formula is C19H32BrIN4O2. The minimum absolute atomic E-state index is 0. The number of nitrogens with one attached hydrogen (secondary N) is 2. The molecule has 0 atom stereocenters. The molecule has 27 heavy (non-hydrogen) atoms. The Morgan fingerprint density at radius 2 is 2.00 bits per heavy atom. The highest BCUT2D eigenvalue weighted by Gasteiger charge is 2.06. The lowest BCUT2D eigenvalue weighted by molar-refractivity contribution is -0.127. The Morgan fingerprint density at radius 1 is 1.30 bits per heavy atom. The van der Waals surface area contributed by atoms with Gasteiger partial charge in [-0.3, -0.25) is 4.79 Å². The third-order valence-electron chi connectivity index (χ3n) is 3.71. The van der Waals surface area contributed by atoms with Gasteiger partial charge in [-0.2, -0.15) is 0 Å². The summed E-state index contributed by atoms with van der Waals surface area (Å²) >= 11 is 3.46. The van der Waals surface area contributed by atoms with Crippen LogP contribution in [0.2, 0.25) is 0 Å². The summed E-state index contributed by atoms with van der Waals surface area (Å²) in [4.78, 5) is 17.7. The molecule has 1 aromatic carbocycles. The number of carbonyl (C=O) groups is 1. The van der Waals surface area contributed by atoms with E-state index in [4.69, 9.17) is 4.74 Å². The van der Waals surface area contributed by atoms with Crippen LogP contribution in [-0.4, -0.2) is 57.6 Å². The standard InChI is InChI=1S/C19H31BrN4O2.HI/c1-14(2)12-22-19(23-13-18(25)24(3)4)21-10-6-7-15-8-9-16(20)11-17(15)26-5;/h8-9,11,14H,6-7,10,12-13H2,1-5H3,(H2,21,22,23);1H. The fourth-order valence-corrected chi connectivity index (χ4v) is 2.51. The number of likely N-dealkylation sites (N-methyl/N-ethyl adjacent to an activating group) is 1. The summed E-state index contributed by atoms with van der Waals surface area (Å²) in [5, 5.41) is 6.59. The molecule has 1 rings (SSSR count). The third-order valence-corrected chi connectivity index (χ3v) is 4.21. The zero-order valence-corrected chi connectivity index (χ0v) is 20.8. The maximum absolute atomic E-state index is 11.7. The first-order valence-corrected chi connectivity index (χ1v) is 9.67. The third kappa shape index (κ3) is 10.8. The number of methoxy groups -OCH3 is 1. The molecule has 0 fully saturated rings. The van der Waals surface area contributed by atoms with Crippen molar-refractivity contribution in [3.63, 3.8) is 0 Å². The van der Waals surface area contributed by atoms with Gasteiger partial charge >= 0.3 is 0 Å². The molecule has 0 aliphatic heterocycles. The molecule has 0 spiro atoms. The monoisotopic (exact) mass is 554 g/mol. The molecule has 0 aromatic heterocycles. The number of aryl methyl sites for hydroxylation is 1. The van der Waals surface area contributed by atoms with E-state index in [0.29, 0.717) is 11.9 Å². The molecule has 0 saturated carbocycles. The molecule has 1 aromatic rings. The van der Waals surface area contributed by atoms with Crippen LogP contribution in [0.5, 0.6) is 5.75 Å². The first-order valence-electron chi connectivity index (χ1n) is 8.88. The summed E-state index contributed by atoms with van der Waals surface area (Å²) in [7, 11) is 5.15. The number of hydrogen-bond acceptors (Lipinski definition) is 3. The van der Waals surface area contributed by atoms with E-state index in [1.165, 1.54) is 5.56 Å². The van der Waals surface area contributed by atoms with Crippen molar-refractivity contribution in [2.75, 3.05) is 40.8 Å². The van der Waals surface area contributed by atoms with Gasteiger partial charge in [-0.25, -0.2) is 4.99 Å². The maximum Gasteiger partial charge on any atom is 0.243 e. The van der Waals surface area contributed by atoms with Gasteiger partial charge in [-0.15, -0.1) is 24.0 Å². The van der Waals surface area contributed by atoms with E-state index in [1.807, 2.05) is 12.1 Å². The summed E-state index contributed by atoms with van der Waals surface area (Å²) < 4.78 is 6.44. The first kappa shape index (κ1) is 26.0. The lowest BCUT2D eigenvalue weighted by Gasteiger charge is -2.15. The van der Waals surface area contributed by atoms with Crippen LogP contribution in [0, 0.1) is 5.92 Å². The van der Waals surface area contributed by atoms with Crippen LogP contribution < -0.4 is 15.4 Å². The summed E-state index contributed by atoms with van der Waals surface area (Å²) in [5.74, 6) is 2.05. The highest BCUT2D eigenvalue weighted by atomic mass is 127. The Labute approximate surface area is 188 Å². The Bertz CT molecular complexity index is 609. The molecule has 0 radical (unpaired) electrons. The van der Waals surface area contributed by atoms with E-state index in [0.717, 1.165) is 36.2 Å². The number of nitrogens with zero attached hydrogens (tertiary/aromatic N) is 2. The van der Waals surface area contributed by atoms with Gasteiger partial charge < -0.3 is 20.3 Å². The van der Waals surface area contributed by atoms with Gasteiger partial charge in [0.15, 0.2) is 5.96 Å². The van der Waals surface area contributed by atoms with Crippen LogP contribution in [0.15, 0.2) is 27.7 Å². The van der Waals surface area contributed by atoms with Crippen LogP contribution in [0.1, 0.15) is 25.8 Å². The van der Waals surface area contributed by atoms with Gasteiger partial charge in [0.25, 0.3) is 0 Å². The van der Waals surface area contributed by atoms with Gasteiger partial charge in [0.2, 0.25) is 5.91 Å². The Balaban J connectivity index is 0.00000676. The molecule has 8 heteroatoms. The van der Waals surface area contributed by atoms with Crippen molar-refractivity contribution in [1.82, 2.24) is 15.5 Å². The summed E-state index contributed by atoms with van der Waals surface area (Å²) in [6.07, 6.45) is 1.83. The van der Waals surface area contributed by atoms with Gasteiger partial charge in [-0.05, 0) is 36.5 Å². The maximum atomic E-state index is 11.7. The molecule has 0 aliphatic carbocycles. The van der Waals surface area contributed by atoms with Crippen LogP contribution >= 0.6 is 39.9 Å². The lowest BCUT2D eigenvalue weighted by Crippen LogP contribution is -2.40. The molecule has 0 saturated heterocycles. The molecule has 0 bridgehead atoms. The second-order valence-electron chi connectivity index (χ2n) is 6.71. The van der Waals surface area contributed by atoms with Gasteiger partial charge in [0, 0.05) is 31.7 Å². The number of rotatable bonds is 9. The Hall–Kier alpha value is -1.03. The second kappa shape index (κ2) is 14.0. The van der Waals surface area contributed by atoms with E-state index in [-0.39, 0.29) is 36.4 Å². The minimum Gasteiger partial charge on any atom is -0.496 e. The van der Waals surface area contributed by atoms with E-state index < -0.39 is 0 Å². The van der Waals surface area contributed by atoms with Crippen molar-refractivity contribution < 1.29 is 9.53 Å². The van der Waals surface area contributed by atoms with E-state index in [9.17, 15) is 4.79 Å². The van der Waals surface area contributed by atoms with E-state index >= 15 is 0 Å². The van der Waals surface area contributed by atoms with Crippen molar-refractivity contribution in [3.8, 4) is 5.75 Å². The average molecular weight is 555 g/mol. The molecule has 0 unspecified atom stereocenters. The largest absolute Gasteiger partial charge is 0.496 e. The average Bonchev–Trinajstić information content (AvgIpc) is 2.60. The number of carbonyl (C=O) groups excluding carboxylic acids is 1. The summed E-state index contributed by atoms with van der Waals surface area (Å²) in [5.41, 5.74) is 1.17. The minimum atomic E-state index is -0.0183. The lowest BCUT2D eigenvalue weighted by atomic mass is 10.1. The first-order chi connectivity index (χ1) is 12.3. The van der Waals surface area contributed by atoms with Gasteiger partial charge in [0.05, 0.1) is 7.11 Å². The number of guanidine groups is 1. The number of hydrogen-bond donors (Lipinski definition) is 2. The number of aliphatic imine (C=N–C) groups is 1. The topological polar surface area (TPSA) is 66.0 Å². The van der Waals surface area contributed by atoms with Crippen molar-refractivity contribution in [2.45, 2.75) is 26.7 Å². The van der Waals surface area contributed by atoms with Crippen molar-refractivity contribution in [2.24, 2.45) is 10.9 Å². The van der Waals surface area contributed by atoms with Crippen molar-refractivity contribution in [3.05, 3.63) is 28.2 Å². The van der Waals surface area contributed by atoms with Crippen LogP contribution in [0.3, 0.4) is 0 Å². The van der Waals surface area contributed by atoms with Gasteiger partial charge in [-0.1, -0.05) is 35.8 Å². The number of ether oxygens (including phenoxy) is 1. The van der Waals surface area contributed by atoms with Crippen LogP contribution in [-0.2, 0) is 11.2 Å². The van der Waals surface area contributed by atoms with Gasteiger partial charge in [0.1, 0.15) is 12.3 Å². The van der Waals surface area contributed by atoms with E-state index in [2.05, 4.69) is 51.5 Å². The molecular weight excluding hydrogens is 523 g/mol. The zero-order valence-electron chi connectivity index (χ0n) is 16.8. The number of benzene rings is 1. The quantitative estimate of drug-likeness (QED) is 0.213. The zero-order chi connectivity index (χ0) is 19.5. The van der Waals surface area contributed by atoms with Crippen LogP contribution in [0.4, 0.5) is 0 Å². The predicted molar refractivity (Wildman–Crippen MR) is 126 cm³/mol. The SMILES string of the molecule is COc1cc(Br)ccc1CCCNC(=NCC(=O)N(C)C)NCC(C)C.I. The molecule has 2 N–H and O–H groups in total. The summed E-state index contributed by atoms with van der Waals surface area (Å²) in [6, 6.07) is 6.08. The smallest absolute Gasteiger partial charge is 0.243 e. The molecule has 1 amide bonds. The molecule has 6 nitrogen and oxygen atoms in total. The second-order valence-corrected chi connectivity index (χ2v) is 7.63. The summed E-state index contributed by atoms with van der Waals surface area (Å²) in [6.45, 7) is 5.98. The Kier molecular flexibility index (Phi) is 13.5. The molecule has 0 heterocycles. The van der Waals surface area contributed by atoms with Crippen LogP contribution in [0.25, 0.3) is 0 Å². The molecule has 0 aliphatic rings. The highest BCUT2D eigenvalue weighted by molar-refractivity contribution is 14.0. The fraction of sp³-hybridized carbons (Fsp3) is 0.579. The number of amides is 1. The highest BCUT2D eigenvalue weighted by Crippen LogP contribution is 2.24. The normalized spacial score (nSPS) is 11.0. The van der Waals surface area contributed by atoms with Crippen molar-refractivity contribution in [1.29, 1.82) is 0 Å². The number of halogens is 2. The van der Waals surface area contributed by atoms with E-state index in [1.54, 1.807) is 26.1 Å². The Morgan fingerprint density at radius 3 is 2.59 bits per heavy atom. The fourth-order valence-electron chi connectivity index (χ4n) is 2.17. The van der Waals surface area contributed by atoms with Crippen molar-refractivity contribution >= 4 is 51.8 Å².